The molecule has 0 saturated heterocycles. The zero-order valence-corrected chi connectivity index (χ0v) is 15.0. The van der Waals surface area contributed by atoms with E-state index in [1.165, 1.54) is 22.4 Å². The fraction of sp³-hybridized carbons (Fsp3) is 0.381. The zero-order chi connectivity index (χ0) is 17.4. The van der Waals surface area contributed by atoms with Crippen molar-refractivity contribution in [3.05, 3.63) is 64.7 Å². The topological polar surface area (TPSA) is 41.1 Å². The van der Waals surface area contributed by atoms with E-state index in [0.717, 1.165) is 18.4 Å². The molecular formula is C21H28N2O. The van der Waals surface area contributed by atoms with E-state index >= 15 is 0 Å². The lowest BCUT2D eigenvalue weighted by Crippen LogP contribution is -2.25. The summed E-state index contributed by atoms with van der Waals surface area (Å²) in [4.78, 5) is 12.0. The third-order valence-corrected chi connectivity index (χ3v) is 4.26. The summed E-state index contributed by atoms with van der Waals surface area (Å²) in [6.07, 6.45) is 2.47. The molecule has 2 N–H and O–H groups in total. The van der Waals surface area contributed by atoms with Crippen molar-refractivity contribution in [3.8, 4) is 0 Å². The average Bonchev–Trinajstić information content (AvgIpc) is 2.61. The Labute approximate surface area is 145 Å². The van der Waals surface area contributed by atoms with Gasteiger partial charge < -0.3 is 10.6 Å². The molecule has 0 aliphatic rings. The minimum atomic E-state index is 0.0788. The maximum atomic E-state index is 12.0. The lowest BCUT2D eigenvalue weighted by molar-refractivity contribution is -0.121. The predicted octanol–water partition coefficient (Wildman–Crippen LogP) is 4.24. The van der Waals surface area contributed by atoms with Gasteiger partial charge in [-0.3, -0.25) is 4.79 Å². The van der Waals surface area contributed by atoms with Gasteiger partial charge in [-0.15, -0.1) is 0 Å². The summed E-state index contributed by atoms with van der Waals surface area (Å²) in [5, 5.41) is 6.44. The van der Waals surface area contributed by atoms with Crippen LogP contribution in [0.1, 0.15) is 42.5 Å². The van der Waals surface area contributed by atoms with Gasteiger partial charge in [-0.1, -0.05) is 61.9 Å². The molecule has 0 radical (unpaired) electrons. The Morgan fingerprint density at radius 1 is 0.958 bits per heavy atom. The fourth-order valence-corrected chi connectivity index (χ4v) is 2.77. The first-order chi connectivity index (χ1) is 11.6. The lowest BCUT2D eigenvalue weighted by atomic mass is 10.0. The molecule has 3 heteroatoms. The second-order valence-electron chi connectivity index (χ2n) is 6.10. The van der Waals surface area contributed by atoms with Crippen molar-refractivity contribution in [1.82, 2.24) is 5.32 Å². The van der Waals surface area contributed by atoms with Crippen LogP contribution in [0.4, 0.5) is 5.69 Å². The van der Waals surface area contributed by atoms with E-state index in [1.807, 2.05) is 0 Å². The number of benzene rings is 2. The normalized spacial score (nSPS) is 10.5. The number of para-hydroxylation sites is 1. The number of aryl methyl sites for hydroxylation is 3. The Balaban J connectivity index is 1.81. The Kier molecular flexibility index (Phi) is 6.86. The number of nitrogens with one attached hydrogen (secondary N) is 2. The van der Waals surface area contributed by atoms with Gasteiger partial charge in [-0.05, 0) is 36.5 Å². The van der Waals surface area contributed by atoms with Gasteiger partial charge in [-0.25, -0.2) is 0 Å². The third kappa shape index (κ3) is 5.12. The summed E-state index contributed by atoms with van der Waals surface area (Å²) in [6.45, 7) is 7.63. The largest absolute Gasteiger partial charge is 0.384 e. The maximum Gasteiger partial charge on any atom is 0.222 e. The summed E-state index contributed by atoms with van der Waals surface area (Å²) < 4.78 is 0. The molecule has 0 heterocycles. The fourth-order valence-electron chi connectivity index (χ4n) is 2.77. The van der Waals surface area contributed by atoms with Gasteiger partial charge in [0.1, 0.15) is 0 Å². The van der Waals surface area contributed by atoms with Crippen molar-refractivity contribution in [2.24, 2.45) is 0 Å². The van der Waals surface area contributed by atoms with E-state index in [-0.39, 0.29) is 5.91 Å². The summed E-state index contributed by atoms with van der Waals surface area (Å²) in [5.74, 6) is 0.0788. The van der Waals surface area contributed by atoms with Crippen LogP contribution in [0.15, 0.2) is 42.5 Å². The summed E-state index contributed by atoms with van der Waals surface area (Å²) in [5.41, 5.74) is 6.19. The minimum absolute atomic E-state index is 0.0788. The molecule has 0 aromatic heterocycles. The number of rotatable bonds is 8. The first-order valence-electron chi connectivity index (χ1n) is 8.81. The molecule has 1 amide bonds. The van der Waals surface area contributed by atoms with Crippen LogP contribution in [-0.4, -0.2) is 12.5 Å². The molecule has 0 atom stereocenters. The van der Waals surface area contributed by atoms with Crippen LogP contribution in [0.3, 0.4) is 0 Å². The van der Waals surface area contributed by atoms with Crippen LogP contribution < -0.4 is 10.6 Å². The van der Waals surface area contributed by atoms with E-state index in [2.05, 4.69) is 73.9 Å². The SMILES string of the molecule is CCc1cccc(CC)c1NCCC(=O)NCc1ccc(C)cc1. The van der Waals surface area contributed by atoms with Crippen molar-refractivity contribution in [3.63, 3.8) is 0 Å². The van der Waals surface area contributed by atoms with Gasteiger partial charge >= 0.3 is 0 Å². The number of anilines is 1. The van der Waals surface area contributed by atoms with Gasteiger partial charge in [0.15, 0.2) is 0 Å². The van der Waals surface area contributed by atoms with Gasteiger partial charge in [0.05, 0.1) is 0 Å². The van der Waals surface area contributed by atoms with Crippen molar-refractivity contribution >= 4 is 11.6 Å². The van der Waals surface area contributed by atoms with E-state index in [0.29, 0.717) is 19.5 Å². The molecule has 128 valence electrons. The second-order valence-corrected chi connectivity index (χ2v) is 6.10. The van der Waals surface area contributed by atoms with Crippen molar-refractivity contribution in [1.29, 1.82) is 0 Å². The first-order valence-corrected chi connectivity index (χ1v) is 8.81. The van der Waals surface area contributed by atoms with Crippen molar-refractivity contribution in [2.75, 3.05) is 11.9 Å². The molecule has 2 aromatic carbocycles. The predicted molar refractivity (Wildman–Crippen MR) is 101 cm³/mol. The van der Waals surface area contributed by atoms with Crippen molar-refractivity contribution < 1.29 is 4.79 Å². The van der Waals surface area contributed by atoms with Crippen LogP contribution in [0.2, 0.25) is 0 Å². The Morgan fingerprint density at radius 3 is 2.17 bits per heavy atom. The molecule has 0 bridgehead atoms. The Hall–Kier alpha value is -2.29. The van der Waals surface area contributed by atoms with Crippen LogP contribution in [0.5, 0.6) is 0 Å². The summed E-state index contributed by atoms with van der Waals surface area (Å²) in [7, 11) is 0. The molecule has 0 aliphatic carbocycles. The van der Waals surface area contributed by atoms with Gasteiger partial charge in [-0.2, -0.15) is 0 Å². The number of carbonyl (C=O) groups excluding carboxylic acids is 1. The molecule has 2 aromatic rings. The molecular weight excluding hydrogens is 296 g/mol. The summed E-state index contributed by atoms with van der Waals surface area (Å²) >= 11 is 0. The number of amides is 1. The Bertz CT molecular complexity index is 640. The molecule has 0 fully saturated rings. The lowest BCUT2D eigenvalue weighted by Gasteiger charge is -2.15. The zero-order valence-electron chi connectivity index (χ0n) is 15.0. The molecule has 0 spiro atoms. The average molecular weight is 324 g/mol. The van der Waals surface area contributed by atoms with E-state index in [9.17, 15) is 4.79 Å². The van der Waals surface area contributed by atoms with Crippen molar-refractivity contribution in [2.45, 2.75) is 46.6 Å². The molecule has 24 heavy (non-hydrogen) atoms. The molecule has 0 unspecified atom stereocenters. The number of hydrogen-bond donors (Lipinski definition) is 2. The van der Waals surface area contributed by atoms with Crippen LogP contribution in [0.25, 0.3) is 0 Å². The van der Waals surface area contributed by atoms with E-state index in [1.54, 1.807) is 0 Å². The Morgan fingerprint density at radius 2 is 1.58 bits per heavy atom. The highest BCUT2D eigenvalue weighted by molar-refractivity contribution is 5.76. The summed E-state index contributed by atoms with van der Waals surface area (Å²) in [6, 6.07) is 14.7. The maximum absolute atomic E-state index is 12.0. The quantitative estimate of drug-likeness (QED) is 0.762. The highest BCUT2D eigenvalue weighted by atomic mass is 16.1. The van der Waals surface area contributed by atoms with Gasteiger partial charge in [0, 0.05) is 25.2 Å². The highest BCUT2D eigenvalue weighted by Crippen LogP contribution is 2.22. The van der Waals surface area contributed by atoms with Crippen LogP contribution in [-0.2, 0) is 24.2 Å². The van der Waals surface area contributed by atoms with E-state index in [4.69, 9.17) is 0 Å². The van der Waals surface area contributed by atoms with Crippen LogP contribution in [0, 0.1) is 6.92 Å². The number of carbonyl (C=O) groups is 1. The molecule has 0 aliphatic heterocycles. The third-order valence-electron chi connectivity index (χ3n) is 4.26. The molecule has 0 saturated carbocycles. The number of hydrogen-bond acceptors (Lipinski definition) is 2. The van der Waals surface area contributed by atoms with Crippen LogP contribution >= 0.6 is 0 Å². The first kappa shape index (κ1) is 18.1. The van der Waals surface area contributed by atoms with Gasteiger partial charge in [0.2, 0.25) is 5.91 Å². The molecule has 3 nitrogen and oxygen atoms in total. The standard InChI is InChI=1S/C21H28N2O/c1-4-18-7-6-8-19(5-2)21(18)22-14-13-20(24)23-15-17-11-9-16(3)10-12-17/h6-12,22H,4-5,13-15H2,1-3H3,(H,23,24). The second kappa shape index (κ2) is 9.11. The van der Waals surface area contributed by atoms with Gasteiger partial charge in [0.25, 0.3) is 0 Å². The monoisotopic (exact) mass is 324 g/mol. The smallest absolute Gasteiger partial charge is 0.222 e. The minimum Gasteiger partial charge on any atom is -0.384 e. The molecule has 2 rings (SSSR count). The highest BCUT2D eigenvalue weighted by Gasteiger charge is 2.07. The van der Waals surface area contributed by atoms with E-state index < -0.39 is 0 Å².